The van der Waals surface area contributed by atoms with Crippen LogP contribution in [0.5, 0.6) is 0 Å². The Balaban J connectivity index is 0.000000116. The first-order valence-corrected chi connectivity index (χ1v) is 43.7. The van der Waals surface area contributed by atoms with E-state index in [1.165, 1.54) is 29.5 Å². The quantitative estimate of drug-likeness (QED) is 0.0291. The summed E-state index contributed by atoms with van der Waals surface area (Å²) in [4.78, 5) is 0. The van der Waals surface area contributed by atoms with Crippen molar-refractivity contribution in [2.75, 3.05) is 0 Å². The lowest BCUT2D eigenvalue weighted by atomic mass is 9.65. The van der Waals surface area contributed by atoms with Crippen molar-refractivity contribution < 1.29 is 74.6 Å². The lowest BCUT2D eigenvalue weighted by Gasteiger charge is -2.37. The van der Waals surface area contributed by atoms with Crippen LogP contribution in [0.4, 0.5) is 74.6 Å². The molecule has 0 aromatic heterocycles. The molecule has 11 aromatic rings. The highest BCUT2D eigenvalue weighted by Crippen LogP contribution is 2.69. The number of benzene rings is 11. The Morgan fingerprint density at radius 3 is 0.702 bits per heavy atom. The van der Waals surface area contributed by atoms with Crippen LogP contribution in [0.1, 0.15) is 200 Å². The minimum Gasteiger partial charge on any atom is -0.203 e. The highest BCUT2D eigenvalue weighted by molar-refractivity contribution is 5.56. The molecule has 0 spiro atoms. The first-order chi connectivity index (χ1) is 59.3. The fourth-order valence-corrected chi connectivity index (χ4v) is 21.2. The number of hydrogen-bond acceptors (Lipinski definition) is 0. The smallest absolute Gasteiger partial charge is 0.203 e. The second-order valence-electron chi connectivity index (χ2n) is 36.0. The van der Waals surface area contributed by atoms with Gasteiger partial charge in [-0.2, -0.15) is 52.7 Å². The van der Waals surface area contributed by atoms with Crippen molar-refractivity contribution in [2.45, 2.75) is 200 Å². The lowest BCUT2D eigenvalue weighted by molar-refractivity contribution is -0.205. The summed E-state index contributed by atoms with van der Waals surface area (Å²) >= 11 is 0. The first kappa shape index (κ1) is 89.1. The lowest BCUT2D eigenvalue weighted by Crippen LogP contribution is -2.46. The largest absolute Gasteiger partial charge is 0.398 e. The van der Waals surface area contributed by atoms with Crippen LogP contribution < -0.4 is 0 Å². The van der Waals surface area contributed by atoms with Crippen LogP contribution >= 0.6 is 0 Å². The summed E-state index contributed by atoms with van der Waals surface area (Å²) < 4.78 is 235. The summed E-state index contributed by atoms with van der Waals surface area (Å²) in [6.45, 7) is 5.76. The van der Waals surface area contributed by atoms with E-state index in [1.807, 2.05) is 87.5 Å². The molecule has 17 heteroatoms. The molecule has 9 aliphatic carbocycles. The van der Waals surface area contributed by atoms with E-state index in [9.17, 15) is 74.6 Å². The van der Waals surface area contributed by atoms with Crippen LogP contribution in [-0.4, -0.2) is 24.7 Å². The predicted molar refractivity (Wildman–Crippen MR) is 454 cm³/mol. The van der Waals surface area contributed by atoms with E-state index in [-0.39, 0.29) is 52.8 Å². The van der Waals surface area contributed by atoms with E-state index in [2.05, 4.69) is 91.0 Å². The SMILES string of the molecule is Cc1ccc(C(C2CC2)(C2CC2)C(F)(F)F)cc1.Cc1ccc(C(C2CC2)(C2CC2)C(F)(F)F)cc1C.FC(F)(F)C(c1ccccc1)(C1CC1)C1CC1.FC(F)(F)CC(c1ccccc1)(c1ccccc1)C1CC1.Fc1c(F)c(F)c(C(c2ccccc2)(c2ccccc2)C2CC2)c(F)c1F.c1ccc(C(c2ccccc2)(c2ccccc2)C2CC2)cc1. The van der Waals surface area contributed by atoms with Crippen molar-refractivity contribution in [3.05, 3.63) is 392 Å². The Morgan fingerprint density at radius 2 is 0.444 bits per heavy atom. The third-order valence-corrected chi connectivity index (χ3v) is 28.0. The van der Waals surface area contributed by atoms with Gasteiger partial charge >= 0.3 is 24.7 Å². The Hall–Kier alpha value is -9.77. The van der Waals surface area contributed by atoms with E-state index >= 15 is 0 Å². The molecule has 0 atom stereocenters. The fraction of sp³-hybridized carbons (Fsp3) is 0.383. The maximum absolute atomic E-state index is 14.9. The third kappa shape index (κ3) is 17.6. The molecule has 9 fully saturated rings. The summed E-state index contributed by atoms with van der Waals surface area (Å²) in [7, 11) is 0. The Kier molecular flexibility index (Phi) is 25.6. The van der Waals surface area contributed by atoms with Gasteiger partial charge in [-0.05, 0) is 256 Å². The zero-order chi connectivity index (χ0) is 87.8. The molecule has 11 aromatic carbocycles. The van der Waals surface area contributed by atoms with Crippen molar-refractivity contribution in [3.63, 3.8) is 0 Å². The standard InChI is InChI=1S/C22H15F5.C22H20.C18H17F3.C16H19F3.C15H17F3.C14H15F3/c23-17-16(18(24)20(26)21(27)19(17)25)22(15-11-12-15,13-7-3-1-4-8-13)14-9-5-2-6-10-14;1-4-10-18(11-5-1)22(21-16-17-21,19-12-6-2-7-13-19)20-14-8-3-9-15-20;19-18(20,21)13-17(16-11-12-16,14-7-3-1-4-8-14)15-9-5-2-6-10-15;1-10-3-4-14(9-11(10)2)15(12-5-6-12,13-7-8-13)16(17,18)19;1-10-2-4-11(5-3-10)14(12-6-7-12,13-8-9-13)15(16,17)18;15-14(16,17)13(11-6-7-11,12-8-9-12)10-4-2-1-3-5-10/h1-10,15H,11-12H2;1-15,21H,16-17H2;1-10,16H,11-13H2;3-4,9,12-13H,5-8H2,1-2H3;2-5,12-13H,6-9H2,1H3;1-5,11-12H,6-9H2. The molecule has 0 N–H and O–H groups in total. The molecule has 9 aliphatic rings. The molecule has 0 unspecified atom stereocenters. The molecular weight excluding hydrogens is 1610 g/mol. The minimum atomic E-state index is -4.19. The van der Waals surface area contributed by atoms with Crippen LogP contribution in [0.3, 0.4) is 0 Å². The maximum Gasteiger partial charge on any atom is 0.398 e. The first-order valence-electron chi connectivity index (χ1n) is 43.7. The van der Waals surface area contributed by atoms with E-state index in [1.54, 1.807) is 127 Å². The zero-order valence-corrected chi connectivity index (χ0v) is 69.7. The molecular formula is C107H103F17. The average molecular weight is 1710 g/mol. The molecule has 0 bridgehead atoms. The van der Waals surface area contributed by atoms with Crippen LogP contribution in [0.25, 0.3) is 0 Å². The zero-order valence-electron chi connectivity index (χ0n) is 69.7. The molecule has 124 heavy (non-hydrogen) atoms. The summed E-state index contributed by atoms with van der Waals surface area (Å²) in [6.07, 6.45) is -3.04. The van der Waals surface area contributed by atoms with Gasteiger partial charge in [0.2, 0.25) is 5.82 Å². The Labute approximate surface area is 716 Å². The van der Waals surface area contributed by atoms with Crippen molar-refractivity contribution >= 4 is 0 Å². The van der Waals surface area contributed by atoms with Crippen LogP contribution in [0.2, 0.25) is 0 Å². The minimum absolute atomic E-state index is 0.0101. The Morgan fingerprint density at radius 1 is 0.218 bits per heavy atom. The van der Waals surface area contributed by atoms with Crippen molar-refractivity contribution in [1.82, 2.24) is 0 Å². The fourth-order valence-electron chi connectivity index (χ4n) is 21.2. The van der Waals surface area contributed by atoms with Gasteiger partial charge in [-0.3, -0.25) is 0 Å². The van der Waals surface area contributed by atoms with Gasteiger partial charge in [-0.15, -0.1) is 0 Å². The van der Waals surface area contributed by atoms with E-state index in [0.717, 1.165) is 118 Å². The molecule has 9 saturated carbocycles. The summed E-state index contributed by atoms with van der Waals surface area (Å²) in [5.74, 6) is -10.1. The van der Waals surface area contributed by atoms with Crippen LogP contribution in [-0.2, 0) is 32.5 Å². The highest BCUT2D eigenvalue weighted by Gasteiger charge is 2.72. The summed E-state index contributed by atoms with van der Waals surface area (Å²) in [5, 5.41) is 0. The second kappa shape index (κ2) is 35.6. The molecule has 0 heterocycles. The molecule has 20 rings (SSSR count). The van der Waals surface area contributed by atoms with Gasteiger partial charge in [0.25, 0.3) is 0 Å². The molecule has 650 valence electrons. The number of halogens is 17. The monoisotopic (exact) mass is 1710 g/mol. The summed E-state index contributed by atoms with van der Waals surface area (Å²) in [5.41, 5.74) is 3.46. The van der Waals surface area contributed by atoms with Crippen LogP contribution in [0.15, 0.2) is 285 Å². The number of hydrogen-bond donors (Lipinski definition) is 0. The van der Waals surface area contributed by atoms with Crippen molar-refractivity contribution in [1.29, 1.82) is 0 Å². The van der Waals surface area contributed by atoms with Crippen molar-refractivity contribution in [3.8, 4) is 0 Å². The number of aryl methyl sites for hydroxylation is 3. The average Bonchev–Trinajstić information content (AvgIpc) is 1.59. The topological polar surface area (TPSA) is 0 Å². The van der Waals surface area contributed by atoms with Gasteiger partial charge in [0.1, 0.15) is 0 Å². The van der Waals surface area contributed by atoms with E-state index < -0.39 is 92.9 Å². The van der Waals surface area contributed by atoms with Gasteiger partial charge in [-0.25, -0.2) is 22.0 Å². The second-order valence-corrected chi connectivity index (χ2v) is 36.0. The van der Waals surface area contributed by atoms with Gasteiger partial charge in [0.05, 0.1) is 28.1 Å². The molecule has 0 saturated heterocycles. The third-order valence-electron chi connectivity index (χ3n) is 28.0. The molecule has 0 amide bonds. The van der Waals surface area contributed by atoms with Crippen LogP contribution in [0, 0.1) is 103 Å². The van der Waals surface area contributed by atoms with E-state index in [4.69, 9.17) is 0 Å². The molecule has 0 nitrogen and oxygen atoms in total. The van der Waals surface area contributed by atoms with Gasteiger partial charge in [0, 0.05) is 16.4 Å². The molecule has 0 aliphatic heterocycles. The van der Waals surface area contributed by atoms with Crippen molar-refractivity contribution in [2.24, 2.45) is 53.3 Å². The maximum atomic E-state index is 14.9. The normalized spacial score (nSPS) is 17.6. The Bertz CT molecular complexity index is 5090. The summed E-state index contributed by atoms with van der Waals surface area (Å²) in [6, 6.07) is 89.2. The van der Waals surface area contributed by atoms with Gasteiger partial charge in [0.15, 0.2) is 23.3 Å². The molecule has 0 radical (unpaired) electrons. The highest BCUT2D eigenvalue weighted by atomic mass is 19.4. The van der Waals surface area contributed by atoms with E-state index in [0.29, 0.717) is 46.6 Å². The van der Waals surface area contributed by atoms with Gasteiger partial charge in [-0.1, -0.05) is 291 Å². The number of alkyl halides is 12. The number of rotatable bonds is 21. The van der Waals surface area contributed by atoms with Gasteiger partial charge < -0.3 is 0 Å². The predicted octanol–water partition coefficient (Wildman–Crippen LogP) is 30.7.